The van der Waals surface area contributed by atoms with E-state index < -0.39 is 5.97 Å². The molecule has 0 unspecified atom stereocenters. The Morgan fingerprint density at radius 2 is 1.77 bits per heavy atom. The molecule has 1 aliphatic rings. The molecule has 31 heavy (non-hydrogen) atoms. The molecule has 6 heteroatoms. The maximum absolute atomic E-state index is 12.2. The maximum Gasteiger partial charge on any atom is 0.337 e. The Morgan fingerprint density at radius 3 is 2.45 bits per heavy atom. The van der Waals surface area contributed by atoms with E-state index in [1.807, 2.05) is 45.0 Å². The van der Waals surface area contributed by atoms with Crippen LogP contribution in [0, 0.1) is 13.8 Å². The summed E-state index contributed by atoms with van der Waals surface area (Å²) in [6.45, 7) is 10.8. The van der Waals surface area contributed by atoms with Crippen molar-refractivity contribution in [3.05, 3.63) is 84.7 Å². The number of fused-ring (bicyclic) bond motifs is 2. The molecule has 2 N–H and O–H groups in total. The number of hydrogen-bond acceptors (Lipinski definition) is 3. The molecule has 0 bridgehead atoms. The highest BCUT2D eigenvalue weighted by molar-refractivity contribution is 6.37. The van der Waals surface area contributed by atoms with Gasteiger partial charge < -0.3 is 15.2 Å². The van der Waals surface area contributed by atoms with Gasteiger partial charge in [-0.15, -0.1) is 0 Å². The van der Waals surface area contributed by atoms with Gasteiger partial charge in [0.2, 0.25) is 0 Å². The van der Waals surface area contributed by atoms with Gasteiger partial charge in [0.05, 0.1) is 10.6 Å². The molecular formula is C25H21Cl2NO3. The van der Waals surface area contributed by atoms with E-state index in [0.717, 1.165) is 39.4 Å². The first-order valence-corrected chi connectivity index (χ1v) is 10.6. The fourth-order valence-corrected chi connectivity index (χ4v) is 4.39. The molecule has 4 rings (SSSR count). The second-order valence-electron chi connectivity index (χ2n) is 7.53. The summed E-state index contributed by atoms with van der Waals surface area (Å²) < 4.78 is 6.25. The molecule has 0 atom stereocenters. The monoisotopic (exact) mass is 453 g/mol. The second kappa shape index (κ2) is 7.95. The minimum atomic E-state index is -1.14. The van der Waals surface area contributed by atoms with Crippen molar-refractivity contribution in [3.8, 4) is 11.5 Å². The Labute approximate surface area is 190 Å². The van der Waals surface area contributed by atoms with Gasteiger partial charge in [-0.05, 0) is 67.4 Å². The number of halogens is 2. The Hall–Kier alpha value is -2.95. The first-order chi connectivity index (χ1) is 14.7. The Bertz CT molecular complexity index is 1360. The third-order valence-electron chi connectivity index (χ3n) is 5.46. The molecule has 0 spiro atoms. The van der Waals surface area contributed by atoms with Crippen LogP contribution in [-0.4, -0.2) is 17.6 Å². The van der Waals surface area contributed by atoms with Gasteiger partial charge in [0.15, 0.2) is 0 Å². The third-order valence-corrected chi connectivity index (χ3v) is 6.09. The van der Waals surface area contributed by atoms with Crippen LogP contribution in [0.2, 0.25) is 10.0 Å². The number of aryl methyl sites for hydroxylation is 2. The first-order valence-electron chi connectivity index (χ1n) is 9.85. The molecule has 0 aromatic heterocycles. The minimum absolute atomic E-state index is 0.0345. The molecule has 0 aliphatic carbocycles. The van der Waals surface area contributed by atoms with Crippen LogP contribution in [0.25, 0.3) is 12.2 Å². The quantitative estimate of drug-likeness (QED) is 0.428. The fraction of sp³-hybridized carbons (Fsp3) is 0.160. The molecule has 158 valence electrons. The minimum Gasteiger partial charge on any atom is -0.478 e. The lowest BCUT2D eigenvalue weighted by Gasteiger charge is -2.25. The van der Waals surface area contributed by atoms with Crippen molar-refractivity contribution in [1.29, 1.82) is 0 Å². The number of aromatic carboxylic acids is 1. The summed E-state index contributed by atoms with van der Waals surface area (Å²) in [6, 6.07) is 10.9. The van der Waals surface area contributed by atoms with Crippen LogP contribution >= 0.6 is 23.2 Å². The maximum atomic E-state index is 12.2. The molecule has 3 aromatic carbocycles. The van der Waals surface area contributed by atoms with E-state index in [9.17, 15) is 9.90 Å². The van der Waals surface area contributed by atoms with Gasteiger partial charge in [0.1, 0.15) is 11.5 Å². The summed E-state index contributed by atoms with van der Waals surface area (Å²) in [4.78, 5) is 12.2. The van der Waals surface area contributed by atoms with E-state index in [2.05, 4.69) is 11.9 Å². The summed E-state index contributed by atoms with van der Waals surface area (Å²) in [5, 5.41) is 15.3. The molecule has 0 amide bonds. The molecule has 4 nitrogen and oxygen atoms in total. The van der Waals surface area contributed by atoms with Crippen LogP contribution in [0.1, 0.15) is 39.5 Å². The zero-order chi connectivity index (χ0) is 22.4. The van der Waals surface area contributed by atoms with Crippen molar-refractivity contribution in [2.24, 2.45) is 0 Å². The Morgan fingerprint density at radius 1 is 1.06 bits per heavy atom. The van der Waals surface area contributed by atoms with Gasteiger partial charge in [0.25, 0.3) is 0 Å². The van der Waals surface area contributed by atoms with Crippen molar-refractivity contribution >= 4 is 47.0 Å². The van der Waals surface area contributed by atoms with Gasteiger partial charge in [-0.2, -0.15) is 0 Å². The Kier molecular flexibility index (Phi) is 5.46. The zero-order valence-electron chi connectivity index (χ0n) is 17.4. The standard InChI is InChI=1S/C25H21Cl2NO3/c1-5-28-19-11-21-16(9-14(19)4)22(15-8-12(2)13(3)10-20(15)31-21)23-17(26)6-7-18(27)24(23)25(29)30/h6-11,28H,3,5H2,1-2,4H3,(H,29,30). The lowest BCUT2D eigenvalue weighted by Crippen LogP contribution is -2.23. The van der Waals surface area contributed by atoms with Crippen molar-refractivity contribution in [1.82, 2.24) is 0 Å². The number of carboxylic acid groups (broad SMARTS) is 1. The van der Waals surface area contributed by atoms with E-state index in [4.69, 9.17) is 27.9 Å². The van der Waals surface area contributed by atoms with Crippen molar-refractivity contribution in [2.45, 2.75) is 20.8 Å². The number of ether oxygens (including phenoxy) is 1. The summed E-state index contributed by atoms with van der Waals surface area (Å²) in [5.41, 5.74) is 4.68. The van der Waals surface area contributed by atoms with E-state index in [1.54, 1.807) is 6.07 Å². The van der Waals surface area contributed by atoms with Gasteiger partial charge >= 0.3 is 5.97 Å². The molecule has 0 radical (unpaired) electrons. The largest absolute Gasteiger partial charge is 0.478 e. The van der Waals surface area contributed by atoms with Crippen LogP contribution < -0.4 is 20.5 Å². The average Bonchev–Trinajstić information content (AvgIpc) is 2.70. The van der Waals surface area contributed by atoms with Crippen molar-refractivity contribution in [3.63, 3.8) is 0 Å². The van der Waals surface area contributed by atoms with Crippen molar-refractivity contribution < 1.29 is 14.6 Å². The summed E-state index contributed by atoms with van der Waals surface area (Å²) in [7, 11) is 0. The van der Waals surface area contributed by atoms with Crippen LogP contribution in [0.4, 0.5) is 5.69 Å². The SMILES string of the molecule is C=c1cc2c(cc1C)=C(c1c(Cl)ccc(Cl)c1C(=O)O)c1cc(C)c(NCC)cc1O2. The first kappa shape index (κ1) is 21.3. The number of carboxylic acids is 1. The second-order valence-corrected chi connectivity index (χ2v) is 8.34. The van der Waals surface area contributed by atoms with Crippen LogP contribution in [0.3, 0.4) is 0 Å². The predicted octanol–water partition coefficient (Wildman–Crippen LogP) is 5.50. The highest BCUT2D eigenvalue weighted by atomic mass is 35.5. The summed E-state index contributed by atoms with van der Waals surface area (Å²) in [6.07, 6.45) is 0. The lowest BCUT2D eigenvalue weighted by atomic mass is 9.88. The van der Waals surface area contributed by atoms with E-state index in [-0.39, 0.29) is 10.6 Å². The van der Waals surface area contributed by atoms with Crippen molar-refractivity contribution in [2.75, 3.05) is 11.9 Å². The van der Waals surface area contributed by atoms with E-state index in [0.29, 0.717) is 27.7 Å². The highest BCUT2D eigenvalue weighted by Crippen LogP contribution is 2.43. The molecule has 0 saturated heterocycles. The molecule has 0 fully saturated rings. The van der Waals surface area contributed by atoms with E-state index in [1.165, 1.54) is 6.07 Å². The molecular weight excluding hydrogens is 433 g/mol. The van der Waals surface area contributed by atoms with Gasteiger partial charge in [-0.1, -0.05) is 29.8 Å². The van der Waals surface area contributed by atoms with Gasteiger partial charge in [-0.3, -0.25) is 0 Å². The predicted molar refractivity (Wildman–Crippen MR) is 126 cm³/mol. The normalized spacial score (nSPS) is 12.1. The molecule has 1 heterocycles. The van der Waals surface area contributed by atoms with Crippen LogP contribution in [-0.2, 0) is 0 Å². The van der Waals surface area contributed by atoms with Crippen LogP contribution in [0.15, 0.2) is 36.4 Å². The number of anilines is 1. The fourth-order valence-electron chi connectivity index (χ4n) is 3.90. The summed E-state index contributed by atoms with van der Waals surface area (Å²) >= 11 is 12.9. The number of carbonyl (C=O) groups is 1. The molecule has 0 saturated carbocycles. The number of hydrogen-bond donors (Lipinski definition) is 2. The molecule has 1 aliphatic heterocycles. The Balaban J connectivity index is 2.21. The van der Waals surface area contributed by atoms with Gasteiger partial charge in [-0.25, -0.2) is 4.79 Å². The lowest BCUT2D eigenvalue weighted by molar-refractivity contribution is 0.0696. The molecule has 3 aromatic rings. The number of rotatable bonds is 4. The van der Waals surface area contributed by atoms with E-state index >= 15 is 0 Å². The number of nitrogens with one attached hydrogen (secondary N) is 1. The zero-order valence-corrected chi connectivity index (χ0v) is 18.9. The third kappa shape index (κ3) is 3.56. The van der Waals surface area contributed by atoms with Gasteiger partial charge in [0, 0.05) is 45.2 Å². The number of benzene rings is 3. The topological polar surface area (TPSA) is 58.6 Å². The van der Waals surface area contributed by atoms with Crippen LogP contribution in [0.5, 0.6) is 11.5 Å². The highest BCUT2D eigenvalue weighted by Gasteiger charge is 2.28. The smallest absolute Gasteiger partial charge is 0.337 e. The average molecular weight is 454 g/mol. The summed E-state index contributed by atoms with van der Waals surface area (Å²) in [5.74, 6) is 0.0625.